The number of hydrogen-bond acceptors (Lipinski definition) is 4. The molecule has 1 amide bonds. The second kappa shape index (κ2) is 7.74. The fourth-order valence-electron chi connectivity index (χ4n) is 1.77. The number of hydrogen-bond donors (Lipinski definition) is 1. The first-order valence-corrected chi connectivity index (χ1v) is 6.40. The van der Waals surface area contributed by atoms with Gasteiger partial charge in [0.25, 0.3) is 0 Å². The van der Waals surface area contributed by atoms with Gasteiger partial charge in [-0.1, -0.05) is 25.8 Å². The van der Waals surface area contributed by atoms with E-state index in [-0.39, 0.29) is 18.1 Å². The zero-order valence-electron chi connectivity index (χ0n) is 11.0. The molecule has 5 nitrogen and oxygen atoms in total. The molecule has 5 heteroatoms. The van der Waals surface area contributed by atoms with Gasteiger partial charge < -0.3 is 14.8 Å². The summed E-state index contributed by atoms with van der Waals surface area (Å²) in [6.45, 7) is 3.86. The summed E-state index contributed by atoms with van der Waals surface area (Å²) in [5.41, 5.74) is 0. The summed E-state index contributed by atoms with van der Waals surface area (Å²) >= 11 is 0. The van der Waals surface area contributed by atoms with Crippen molar-refractivity contribution in [2.24, 2.45) is 0 Å². The van der Waals surface area contributed by atoms with Crippen molar-refractivity contribution in [1.29, 1.82) is 0 Å². The molecule has 0 spiro atoms. The largest absolute Gasteiger partial charge is 0.458 e. The van der Waals surface area contributed by atoms with Gasteiger partial charge in [0.2, 0.25) is 0 Å². The number of carbonyl (C=O) groups excluding carboxylic acids is 2. The van der Waals surface area contributed by atoms with E-state index in [0.29, 0.717) is 6.61 Å². The van der Waals surface area contributed by atoms with Crippen molar-refractivity contribution in [2.45, 2.75) is 51.7 Å². The maximum absolute atomic E-state index is 11.0. The summed E-state index contributed by atoms with van der Waals surface area (Å²) in [6.07, 6.45) is 7.11. The Morgan fingerprint density at radius 2 is 2.39 bits per heavy atom. The van der Waals surface area contributed by atoms with Crippen LogP contribution in [0, 0.1) is 0 Å². The normalized spacial score (nSPS) is 20.6. The minimum Gasteiger partial charge on any atom is -0.458 e. The molecule has 0 aromatic rings. The topological polar surface area (TPSA) is 64.6 Å². The number of alkyl carbamates (subject to hydrolysis) is 1. The number of esters is 1. The number of ether oxygens (including phenoxy) is 2. The summed E-state index contributed by atoms with van der Waals surface area (Å²) in [5, 5.41) is 2.64. The summed E-state index contributed by atoms with van der Waals surface area (Å²) in [4.78, 5) is 21.8. The molecular formula is C13H21NO4. The number of cyclic esters (lactones) is 1. The van der Waals surface area contributed by atoms with E-state index in [2.05, 4.69) is 12.2 Å². The Kier molecular flexibility index (Phi) is 6.25. The lowest BCUT2D eigenvalue weighted by Crippen LogP contribution is -2.24. The molecule has 0 bridgehead atoms. The van der Waals surface area contributed by atoms with Crippen LogP contribution in [0.25, 0.3) is 0 Å². The molecule has 102 valence electrons. The third-order valence-corrected chi connectivity index (χ3v) is 2.66. The highest BCUT2D eigenvalue weighted by Crippen LogP contribution is 2.10. The van der Waals surface area contributed by atoms with Gasteiger partial charge in [-0.25, -0.2) is 4.79 Å². The van der Waals surface area contributed by atoms with Crippen LogP contribution < -0.4 is 5.32 Å². The van der Waals surface area contributed by atoms with E-state index >= 15 is 0 Å². The predicted octanol–water partition coefficient (Wildman–Crippen LogP) is 2.16. The zero-order valence-corrected chi connectivity index (χ0v) is 11.0. The molecule has 1 saturated heterocycles. The fourth-order valence-corrected chi connectivity index (χ4v) is 1.77. The Hall–Kier alpha value is -1.52. The molecule has 18 heavy (non-hydrogen) atoms. The van der Waals surface area contributed by atoms with E-state index in [1.165, 1.54) is 6.92 Å². The first-order chi connectivity index (χ1) is 8.61. The molecule has 1 N–H and O–H groups in total. The quantitative estimate of drug-likeness (QED) is 0.430. The summed E-state index contributed by atoms with van der Waals surface area (Å²) in [5.74, 6) is -0.284. The number of amides is 1. The molecule has 1 heterocycles. The third-order valence-electron chi connectivity index (χ3n) is 2.66. The van der Waals surface area contributed by atoms with Crippen molar-refractivity contribution < 1.29 is 19.1 Å². The lowest BCUT2D eigenvalue weighted by molar-refractivity contribution is -0.144. The standard InChI is InChI=1S/C13H21NO4/c1-3-4-5-6-12(18-10(2)15)8-7-11-9-17-13(16)14-11/h7-8,11-12H,3-6,9H2,1-2H3,(H,14,16)/b8-7+/t11-,12+/m0/s1. The number of unbranched alkanes of at least 4 members (excludes halogenated alkanes) is 2. The van der Waals surface area contributed by atoms with Crippen molar-refractivity contribution in [2.75, 3.05) is 6.61 Å². The maximum Gasteiger partial charge on any atom is 0.407 e. The van der Waals surface area contributed by atoms with Crippen LogP contribution in [0.1, 0.15) is 39.5 Å². The number of rotatable bonds is 7. The molecule has 1 fully saturated rings. The van der Waals surface area contributed by atoms with Gasteiger partial charge in [0.15, 0.2) is 0 Å². The van der Waals surface area contributed by atoms with Crippen molar-refractivity contribution in [1.82, 2.24) is 5.32 Å². The Labute approximate surface area is 108 Å². The van der Waals surface area contributed by atoms with E-state index in [1.54, 1.807) is 0 Å². The van der Waals surface area contributed by atoms with E-state index in [1.807, 2.05) is 12.2 Å². The van der Waals surface area contributed by atoms with Crippen LogP contribution in [0.2, 0.25) is 0 Å². The monoisotopic (exact) mass is 255 g/mol. The Balaban J connectivity index is 2.40. The van der Waals surface area contributed by atoms with Gasteiger partial charge >= 0.3 is 12.1 Å². The molecule has 0 saturated carbocycles. The lowest BCUT2D eigenvalue weighted by Gasteiger charge is -2.13. The molecule has 1 aliphatic rings. The van der Waals surface area contributed by atoms with E-state index in [4.69, 9.17) is 9.47 Å². The summed E-state index contributed by atoms with van der Waals surface area (Å²) in [7, 11) is 0. The highest BCUT2D eigenvalue weighted by atomic mass is 16.6. The van der Waals surface area contributed by atoms with Gasteiger partial charge in [0.1, 0.15) is 12.7 Å². The Morgan fingerprint density at radius 1 is 1.61 bits per heavy atom. The van der Waals surface area contributed by atoms with Crippen LogP contribution in [0.5, 0.6) is 0 Å². The van der Waals surface area contributed by atoms with Gasteiger partial charge in [-0.15, -0.1) is 0 Å². The van der Waals surface area contributed by atoms with Crippen LogP contribution in [0.15, 0.2) is 12.2 Å². The van der Waals surface area contributed by atoms with Gasteiger partial charge in [-0.2, -0.15) is 0 Å². The molecule has 0 aromatic heterocycles. The minimum absolute atomic E-state index is 0.123. The smallest absolute Gasteiger partial charge is 0.407 e. The highest BCUT2D eigenvalue weighted by molar-refractivity contribution is 5.70. The van der Waals surface area contributed by atoms with E-state index in [0.717, 1.165) is 25.7 Å². The second-order valence-electron chi connectivity index (χ2n) is 4.38. The molecule has 1 rings (SSSR count). The zero-order chi connectivity index (χ0) is 13.4. The first kappa shape index (κ1) is 14.5. The number of carbonyl (C=O) groups is 2. The highest BCUT2D eigenvalue weighted by Gasteiger charge is 2.19. The van der Waals surface area contributed by atoms with Crippen LogP contribution in [-0.4, -0.2) is 30.8 Å². The molecule has 1 aliphatic heterocycles. The van der Waals surface area contributed by atoms with Crippen LogP contribution in [0.4, 0.5) is 4.79 Å². The van der Waals surface area contributed by atoms with Gasteiger partial charge in [-0.3, -0.25) is 4.79 Å². The second-order valence-corrected chi connectivity index (χ2v) is 4.38. The average Bonchev–Trinajstić information content (AvgIpc) is 2.71. The van der Waals surface area contributed by atoms with Crippen molar-refractivity contribution in [3.05, 3.63) is 12.2 Å². The molecule has 2 atom stereocenters. The van der Waals surface area contributed by atoms with Crippen LogP contribution in [-0.2, 0) is 14.3 Å². The van der Waals surface area contributed by atoms with Crippen LogP contribution in [0.3, 0.4) is 0 Å². The summed E-state index contributed by atoms with van der Waals surface area (Å²) in [6, 6.07) is -0.123. The molecule has 0 radical (unpaired) electrons. The molecule has 0 unspecified atom stereocenters. The van der Waals surface area contributed by atoms with Crippen molar-refractivity contribution >= 4 is 12.1 Å². The average molecular weight is 255 g/mol. The van der Waals surface area contributed by atoms with Gasteiger partial charge in [-0.05, 0) is 18.9 Å². The lowest BCUT2D eigenvalue weighted by atomic mass is 10.1. The molecule has 0 aliphatic carbocycles. The van der Waals surface area contributed by atoms with E-state index < -0.39 is 6.09 Å². The number of nitrogens with one attached hydrogen (secondary N) is 1. The molecular weight excluding hydrogens is 234 g/mol. The Morgan fingerprint density at radius 3 is 2.94 bits per heavy atom. The fraction of sp³-hybridized carbons (Fsp3) is 0.692. The first-order valence-electron chi connectivity index (χ1n) is 6.40. The predicted molar refractivity (Wildman–Crippen MR) is 67.1 cm³/mol. The van der Waals surface area contributed by atoms with Gasteiger partial charge in [0.05, 0.1) is 6.04 Å². The van der Waals surface area contributed by atoms with Crippen molar-refractivity contribution in [3.63, 3.8) is 0 Å². The summed E-state index contributed by atoms with van der Waals surface area (Å²) < 4.78 is 9.97. The molecule has 0 aromatic carbocycles. The van der Waals surface area contributed by atoms with E-state index in [9.17, 15) is 9.59 Å². The van der Waals surface area contributed by atoms with Crippen molar-refractivity contribution in [3.8, 4) is 0 Å². The van der Waals surface area contributed by atoms with Crippen LogP contribution >= 0.6 is 0 Å². The SMILES string of the molecule is CCCCC[C@H](/C=C/[C@H]1COC(=O)N1)OC(C)=O. The maximum atomic E-state index is 11.0. The Bertz CT molecular complexity index is 314. The van der Waals surface area contributed by atoms with Gasteiger partial charge in [0, 0.05) is 6.92 Å². The third kappa shape index (κ3) is 5.70. The minimum atomic E-state index is -0.403.